The van der Waals surface area contributed by atoms with Crippen molar-refractivity contribution in [1.29, 1.82) is 5.26 Å². The molecule has 1 amide bonds. The molecule has 0 spiro atoms. The second-order valence-corrected chi connectivity index (χ2v) is 7.59. The molecular formula is C23H19N5O2S. The summed E-state index contributed by atoms with van der Waals surface area (Å²) in [5, 5.41) is 27.1. The molecule has 0 aliphatic carbocycles. The Bertz CT molecular complexity index is 1380. The molecule has 0 saturated heterocycles. The predicted octanol–water partition coefficient (Wildman–Crippen LogP) is 4.71. The van der Waals surface area contributed by atoms with E-state index in [1.165, 1.54) is 11.8 Å². The monoisotopic (exact) mass is 429 g/mol. The zero-order valence-electron chi connectivity index (χ0n) is 16.9. The molecule has 0 unspecified atom stereocenters. The topological polar surface area (TPSA) is 102 Å². The predicted molar refractivity (Wildman–Crippen MR) is 126 cm³/mol. The number of aryl methyl sites for hydroxylation is 1. The van der Waals surface area contributed by atoms with Gasteiger partial charge in [-0.25, -0.2) is 4.99 Å². The maximum Gasteiger partial charge on any atom is 0.259 e. The fraction of sp³-hybridized carbons (Fsp3) is 0.0870. The first-order valence-electron chi connectivity index (χ1n) is 9.41. The number of fused-ring (bicyclic) bond motifs is 3. The zero-order valence-corrected chi connectivity index (χ0v) is 17.7. The maximum atomic E-state index is 13.1. The molecule has 0 aliphatic heterocycles. The molecular weight excluding hydrogens is 410 g/mol. The van der Waals surface area contributed by atoms with Crippen LogP contribution in [0.3, 0.4) is 0 Å². The lowest BCUT2D eigenvalue weighted by molar-refractivity contribution is 0.102. The molecule has 0 saturated carbocycles. The van der Waals surface area contributed by atoms with Crippen LogP contribution in [0.15, 0.2) is 65.7 Å². The van der Waals surface area contributed by atoms with Gasteiger partial charge in [-0.1, -0.05) is 42.1 Å². The molecule has 0 radical (unpaired) electrons. The number of aromatic nitrogens is 1. The third kappa shape index (κ3) is 3.79. The second-order valence-electron chi connectivity index (χ2n) is 6.79. The lowest BCUT2D eigenvalue weighted by Crippen LogP contribution is -2.14. The number of carbonyl (C=O) groups excluding carboxylic acids is 1. The lowest BCUT2D eigenvalue weighted by Gasteiger charge is -2.10. The number of phenolic OH excluding ortho intramolecular Hbond substituents is 1. The smallest absolute Gasteiger partial charge is 0.259 e. The highest BCUT2D eigenvalue weighted by atomic mass is 32.2. The number of rotatable bonds is 3. The Morgan fingerprint density at radius 1 is 1.10 bits per heavy atom. The number of aliphatic imine (C=N–C) groups is 1. The van der Waals surface area contributed by atoms with Crippen LogP contribution in [-0.2, 0) is 7.05 Å². The summed E-state index contributed by atoms with van der Waals surface area (Å²) >= 11 is 1.28. The maximum absolute atomic E-state index is 13.1. The molecule has 8 heteroatoms. The van der Waals surface area contributed by atoms with Crippen LogP contribution in [-0.4, -0.2) is 27.0 Å². The number of phenols is 1. The fourth-order valence-electron chi connectivity index (χ4n) is 3.52. The highest BCUT2D eigenvalue weighted by Crippen LogP contribution is 2.34. The summed E-state index contributed by atoms with van der Waals surface area (Å²) in [7, 11) is 1.93. The van der Waals surface area contributed by atoms with Crippen LogP contribution in [0.1, 0.15) is 10.4 Å². The Balaban J connectivity index is 1.74. The molecule has 4 rings (SSSR count). The minimum atomic E-state index is -0.450. The minimum absolute atomic E-state index is 0.104. The van der Waals surface area contributed by atoms with E-state index in [0.717, 1.165) is 21.8 Å². The molecule has 0 aliphatic rings. The molecule has 31 heavy (non-hydrogen) atoms. The van der Waals surface area contributed by atoms with Crippen molar-refractivity contribution >= 4 is 56.0 Å². The molecule has 0 fully saturated rings. The summed E-state index contributed by atoms with van der Waals surface area (Å²) < 4.78 is 1.99. The van der Waals surface area contributed by atoms with Crippen molar-refractivity contribution in [3.05, 3.63) is 66.2 Å². The van der Waals surface area contributed by atoms with E-state index in [0.29, 0.717) is 16.5 Å². The van der Waals surface area contributed by atoms with Gasteiger partial charge in [0.1, 0.15) is 5.75 Å². The normalized spacial score (nSPS) is 11.5. The van der Waals surface area contributed by atoms with Crippen molar-refractivity contribution in [3.8, 4) is 11.9 Å². The van der Waals surface area contributed by atoms with Crippen molar-refractivity contribution in [2.24, 2.45) is 12.0 Å². The average Bonchev–Trinajstić information content (AvgIpc) is 3.05. The molecule has 3 aromatic carbocycles. The van der Waals surface area contributed by atoms with E-state index in [9.17, 15) is 9.90 Å². The summed E-state index contributed by atoms with van der Waals surface area (Å²) in [4.78, 5) is 17.5. The van der Waals surface area contributed by atoms with Crippen molar-refractivity contribution in [2.75, 3.05) is 11.6 Å². The number of thioether (sulfide) groups is 1. The van der Waals surface area contributed by atoms with Crippen LogP contribution in [0.5, 0.6) is 5.75 Å². The van der Waals surface area contributed by atoms with Gasteiger partial charge >= 0.3 is 0 Å². The van der Waals surface area contributed by atoms with Gasteiger partial charge in [-0.3, -0.25) is 10.1 Å². The van der Waals surface area contributed by atoms with Gasteiger partial charge in [-0.2, -0.15) is 5.26 Å². The fourth-order valence-corrected chi connectivity index (χ4v) is 3.86. The number of aromatic hydroxyl groups is 1. The van der Waals surface area contributed by atoms with Crippen LogP contribution < -0.4 is 10.6 Å². The largest absolute Gasteiger partial charge is 0.507 e. The number of hydrogen-bond donors (Lipinski definition) is 3. The van der Waals surface area contributed by atoms with Crippen LogP contribution >= 0.6 is 11.8 Å². The molecule has 7 nitrogen and oxygen atoms in total. The van der Waals surface area contributed by atoms with Crippen LogP contribution in [0, 0.1) is 11.5 Å². The third-order valence-corrected chi connectivity index (χ3v) is 5.59. The average molecular weight is 430 g/mol. The molecule has 0 bridgehead atoms. The summed E-state index contributed by atoms with van der Waals surface area (Å²) in [6, 6.07) is 18.2. The van der Waals surface area contributed by atoms with Gasteiger partial charge in [-0.15, -0.1) is 0 Å². The Kier molecular flexibility index (Phi) is 5.52. The number of benzene rings is 3. The van der Waals surface area contributed by atoms with Gasteiger partial charge in [0.05, 0.1) is 22.5 Å². The van der Waals surface area contributed by atoms with Gasteiger partial charge in [0, 0.05) is 29.4 Å². The first kappa shape index (κ1) is 20.3. The number of anilines is 1. The molecule has 1 aromatic heterocycles. The van der Waals surface area contributed by atoms with E-state index in [1.807, 2.05) is 42.1 Å². The van der Waals surface area contributed by atoms with E-state index in [-0.39, 0.29) is 11.3 Å². The SMILES string of the molecule is CSC(=Nc1ccccc1NC(=O)c1cc2c3ccccc3n(C)c2cc1O)NC#N. The van der Waals surface area contributed by atoms with Gasteiger partial charge in [0.15, 0.2) is 11.4 Å². The number of hydrogen-bond acceptors (Lipinski definition) is 5. The minimum Gasteiger partial charge on any atom is -0.507 e. The third-order valence-electron chi connectivity index (χ3n) is 5.01. The summed E-state index contributed by atoms with van der Waals surface area (Å²) in [6.07, 6.45) is 3.64. The lowest BCUT2D eigenvalue weighted by atomic mass is 10.1. The van der Waals surface area contributed by atoms with E-state index < -0.39 is 5.91 Å². The molecule has 154 valence electrons. The van der Waals surface area contributed by atoms with Crippen molar-refractivity contribution in [3.63, 3.8) is 0 Å². The van der Waals surface area contributed by atoms with Crippen molar-refractivity contribution < 1.29 is 9.90 Å². The summed E-state index contributed by atoms with van der Waals surface area (Å²) in [5.41, 5.74) is 2.99. The standard InChI is InChI=1S/C23H19N5O2S/c1-28-19-10-6-3-7-14(19)15-11-16(21(29)12-20(15)28)22(30)26-17-8-4-5-9-18(17)27-23(31-2)25-13-24/h3-12,29H,1-2H3,(H,25,27)(H,26,30). The summed E-state index contributed by atoms with van der Waals surface area (Å²) in [6.45, 7) is 0. The first-order chi connectivity index (χ1) is 15.0. The van der Waals surface area contributed by atoms with Gasteiger partial charge in [0.25, 0.3) is 5.91 Å². The highest BCUT2D eigenvalue weighted by molar-refractivity contribution is 8.13. The number of nitriles is 1. The molecule has 4 aromatic rings. The van der Waals surface area contributed by atoms with Crippen molar-refractivity contribution in [2.45, 2.75) is 0 Å². The number of nitrogens with one attached hydrogen (secondary N) is 2. The Hall–Kier alpha value is -3.96. The molecule has 1 heterocycles. The van der Waals surface area contributed by atoms with E-state index in [2.05, 4.69) is 15.6 Å². The van der Waals surface area contributed by atoms with Crippen molar-refractivity contribution in [1.82, 2.24) is 9.88 Å². The second kappa shape index (κ2) is 8.42. The zero-order chi connectivity index (χ0) is 22.0. The Labute approximate surface area is 183 Å². The van der Waals surface area contributed by atoms with E-state index >= 15 is 0 Å². The van der Waals surface area contributed by atoms with E-state index in [1.54, 1.807) is 42.7 Å². The summed E-state index contributed by atoms with van der Waals surface area (Å²) in [5.74, 6) is -0.554. The Morgan fingerprint density at radius 2 is 1.84 bits per heavy atom. The quantitative estimate of drug-likeness (QED) is 0.189. The molecule has 0 atom stereocenters. The van der Waals surface area contributed by atoms with Crippen LogP contribution in [0.4, 0.5) is 11.4 Å². The highest BCUT2D eigenvalue weighted by Gasteiger charge is 2.17. The van der Waals surface area contributed by atoms with Gasteiger partial charge in [0.2, 0.25) is 0 Å². The number of para-hydroxylation sites is 3. The number of carbonyl (C=O) groups is 1. The first-order valence-corrected chi connectivity index (χ1v) is 10.6. The molecule has 3 N–H and O–H groups in total. The number of amides is 1. The Morgan fingerprint density at radius 3 is 2.61 bits per heavy atom. The van der Waals surface area contributed by atoms with Gasteiger partial charge < -0.3 is 15.0 Å². The van der Waals surface area contributed by atoms with E-state index in [4.69, 9.17) is 5.26 Å². The van der Waals surface area contributed by atoms with Crippen LogP contribution in [0.2, 0.25) is 0 Å². The number of nitrogens with zero attached hydrogens (tertiary/aromatic N) is 3. The van der Waals surface area contributed by atoms with Gasteiger partial charge in [-0.05, 0) is 30.5 Å². The number of amidine groups is 1. The van der Waals surface area contributed by atoms with Crippen LogP contribution in [0.25, 0.3) is 21.8 Å².